The number of nitrogens with one attached hydrogen (secondary N) is 2. The SMILES string of the molecule is O=C1NN=C(c2ccc(NCCN3CCCCC3)c(C(F)(F)F)c2)CO1. The molecule has 0 aliphatic carbocycles. The van der Waals surface area contributed by atoms with Crippen LogP contribution in [0.5, 0.6) is 0 Å². The van der Waals surface area contributed by atoms with Gasteiger partial charge in [-0.25, -0.2) is 10.2 Å². The average molecular weight is 370 g/mol. The van der Waals surface area contributed by atoms with Gasteiger partial charge in [0.15, 0.2) is 0 Å². The third kappa shape index (κ3) is 4.66. The van der Waals surface area contributed by atoms with Gasteiger partial charge in [-0.2, -0.15) is 18.3 Å². The Labute approximate surface area is 149 Å². The van der Waals surface area contributed by atoms with E-state index in [1.54, 1.807) is 0 Å². The van der Waals surface area contributed by atoms with Crippen LogP contribution < -0.4 is 10.7 Å². The number of halogens is 3. The Morgan fingerprint density at radius 1 is 1.23 bits per heavy atom. The molecule has 0 unspecified atom stereocenters. The molecule has 0 aromatic heterocycles. The lowest BCUT2D eigenvalue weighted by Crippen LogP contribution is -2.34. The minimum atomic E-state index is -4.50. The third-order valence-electron chi connectivity index (χ3n) is 4.47. The number of piperidine rings is 1. The number of benzene rings is 1. The smallest absolute Gasteiger partial charge is 0.428 e. The Bertz CT molecular complexity index is 685. The van der Waals surface area contributed by atoms with Crippen molar-refractivity contribution in [2.45, 2.75) is 25.4 Å². The molecule has 0 bridgehead atoms. The van der Waals surface area contributed by atoms with Gasteiger partial charge >= 0.3 is 12.3 Å². The van der Waals surface area contributed by atoms with Crippen molar-refractivity contribution in [3.8, 4) is 0 Å². The maximum absolute atomic E-state index is 13.4. The molecule has 2 aliphatic heterocycles. The van der Waals surface area contributed by atoms with Crippen LogP contribution in [0.1, 0.15) is 30.4 Å². The molecule has 1 fully saturated rings. The number of hydrogen-bond donors (Lipinski definition) is 2. The van der Waals surface area contributed by atoms with Crippen LogP contribution in [0.4, 0.5) is 23.7 Å². The van der Waals surface area contributed by atoms with Crippen molar-refractivity contribution in [2.24, 2.45) is 5.10 Å². The molecule has 1 aromatic carbocycles. The van der Waals surface area contributed by atoms with E-state index in [-0.39, 0.29) is 23.6 Å². The molecule has 142 valence electrons. The molecule has 0 spiro atoms. The number of rotatable bonds is 5. The first-order chi connectivity index (χ1) is 12.4. The quantitative estimate of drug-likeness (QED) is 0.836. The van der Waals surface area contributed by atoms with E-state index in [0.717, 1.165) is 32.0 Å². The van der Waals surface area contributed by atoms with Crippen molar-refractivity contribution < 1.29 is 22.7 Å². The van der Waals surface area contributed by atoms with Crippen LogP contribution in [0.2, 0.25) is 0 Å². The van der Waals surface area contributed by atoms with E-state index in [1.807, 2.05) is 0 Å². The standard InChI is InChI=1S/C17H21F3N4O2/c18-17(19,20)13-10-12(15-11-26-16(25)23-22-15)4-5-14(13)21-6-9-24-7-2-1-3-8-24/h4-5,10,21H,1-3,6-9,11H2,(H,23,25). The largest absolute Gasteiger partial charge is 0.442 e. The summed E-state index contributed by atoms with van der Waals surface area (Å²) in [6.07, 6.45) is -1.71. The van der Waals surface area contributed by atoms with E-state index < -0.39 is 17.8 Å². The van der Waals surface area contributed by atoms with E-state index in [0.29, 0.717) is 13.1 Å². The van der Waals surface area contributed by atoms with Gasteiger partial charge in [0.2, 0.25) is 0 Å². The highest BCUT2D eigenvalue weighted by atomic mass is 19.4. The predicted octanol–water partition coefficient (Wildman–Crippen LogP) is 3.05. The summed E-state index contributed by atoms with van der Waals surface area (Å²) < 4.78 is 45.1. The van der Waals surface area contributed by atoms with E-state index in [4.69, 9.17) is 4.74 Å². The molecule has 1 aromatic rings. The lowest BCUT2D eigenvalue weighted by molar-refractivity contribution is -0.137. The average Bonchev–Trinajstić information content (AvgIpc) is 2.63. The molecule has 2 heterocycles. The van der Waals surface area contributed by atoms with Gasteiger partial charge in [0.25, 0.3) is 0 Å². The summed E-state index contributed by atoms with van der Waals surface area (Å²) >= 11 is 0. The maximum atomic E-state index is 13.4. The Kier molecular flexibility index (Phi) is 5.65. The highest BCUT2D eigenvalue weighted by Gasteiger charge is 2.34. The Morgan fingerprint density at radius 3 is 2.65 bits per heavy atom. The van der Waals surface area contributed by atoms with Gasteiger partial charge in [-0.05, 0) is 38.1 Å². The van der Waals surface area contributed by atoms with Crippen LogP contribution in [0, 0.1) is 0 Å². The summed E-state index contributed by atoms with van der Waals surface area (Å²) in [6, 6.07) is 3.97. The summed E-state index contributed by atoms with van der Waals surface area (Å²) in [5.74, 6) is 0. The van der Waals surface area contributed by atoms with Crippen LogP contribution in [0.3, 0.4) is 0 Å². The van der Waals surface area contributed by atoms with Gasteiger partial charge in [-0.1, -0.05) is 12.5 Å². The van der Waals surface area contributed by atoms with Crippen LogP contribution in [0.25, 0.3) is 0 Å². The van der Waals surface area contributed by atoms with Crippen molar-refractivity contribution in [2.75, 3.05) is 38.1 Å². The fourth-order valence-electron chi connectivity index (χ4n) is 3.10. The van der Waals surface area contributed by atoms with Crippen LogP contribution >= 0.6 is 0 Å². The Hall–Kier alpha value is -2.29. The number of alkyl halides is 3. The minimum absolute atomic E-state index is 0.0413. The zero-order valence-corrected chi connectivity index (χ0v) is 14.2. The molecule has 0 saturated carbocycles. The molecule has 2 N–H and O–H groups in total. The van der Waals surface area contributed by atoms with E-state index in [1.165, 1.54) is 18.6 Å². The first kappa shape index (κ1) is 18.5. The van der Waals surface area contributed by atoms with Gasteiger partial charge in [-0.3, -0.25) is 0 Å². The molecule has 0 atom stereocenters. The summed E-state index contributed by atoms with van der Waals surface area (Å²) in [4.78, 5) is 13.2. The first-order valence-corrected chi connectivity index (χ1v) is 8.60. The molecule has 1 saturated heterocycles. The molecule has 0 radical (unpaired) electrons. The molecular formula is C17H21F3N4O2. The van der Waals surface area contributed by atoms with Crippen molar-refractivity contribution in [1.82, 2.24) is 10.3 Å². The van der Waals surface area contributed by atoms with Crippen LogP contribution in [-0.4, -0.2) is 49.5 Å². The summed E-state index contributed by atoms with van der Waals surface area (Å²) in [5, 5.41) is 6.66. The summed E-state index contributed by atoms with van der Waals surface area (Å²) in [7, 11) is 0. The van der Waals surface area contributed by atoms with Crippen molar-refractivity contribution in [3.63, 3.8) is 0 Å². The number of carbonyl (C=O) groups excluding carboxylic acids is 1. The molecular weight excluding hydrogens is 349 g/mol. The minimum Gasteiger partial charge on any atom is -0.442 e. The molecule has 6 nitrogen and oxygen atoms in total. The number of amides is 1. The summed E-state index contributed by atoms with van der Waals surface area (Å²) in [6.45, 7) is 3.00. The highest BCUT2D eigenvalue weighted by Crippen LogP contribution is 2.35. The number of hydrazone groups is 1. The van der Waals surface area contributed by atoms with Crippen LogP contribution in [0.15, 0.2) is 23.3 Å². The number of likely N-dealkylation sites (tertiary alicyclic amines) is 1. The fraction of sp³-hybridized carbons (Fsp3) is 0.529. The molecule has 26 heavy (non-hydrogen) atoms. The number of ether oxygens (including phenoxy) is 1. The van der Waals surface area contributed by atoms with E-state index in [2.05, 4.69) is 20.7 Å². The van der Waals surface area contributed by atoms with Gasteiger partial charge in [0, 0.05) is 24.3 Å². The zero-order chi connectivity index (χ0) is 18.6. The Balaban J connectivity index is 1.71. The fourth-order valence-corrected chi connectivity index (χ4v) is 3.10. The van der Waals surface area contributed by atoms with Crippen LogP contribution in [-0.2, 0) is 10.9 Å². The van der Waals surface area contributed by atoms with E-state index >= 15 is 0 Å². The zero-order valence-electron chi connectivity index (χ0n) is 14.2. The second-order valence-electron chi connectivity index (χ2n) is 6.33. The predicted molar refractivity (Wildman–Crippen MR) is 91.2 cm³/mol. The summed E-state index contributed by atoms with van der Waals surface area (Å²) in [5.41, 5.74) is 1.89. The van der Waals surface area contributed by atoms with E-state index in [9.17, 15) is 18.0 Å². The topological polar surface area (TPSA) is 66.0 Å². The second-order valence-corrected chi connectivity index (χ2v) is 6.33. The number of nitrogens with zero attached hydrogens (tertiary/aromatic N) is 2. The van der Waals surface area contributed by atoms with Gasteiger partial charge in [0.05, 0.1) is 5.56 Å². The highest BCUT2D eigenvalue weighted by molar-refractivity contribution is 6.04. The van der Waals surface area contributed by atoms with Gasteiger partial charge in [-0.15, -0.1) is 0 Å². The second kappa shape index (κ2) is 7.94. The lowest BCUT2D eigenvalue weighted by atomic mass is 10.0. The molecule has 9 heteroatoms. The Morgan fingerprint density at radius 2 is 2.00 bits per heavy atom. The number of anilines is 1. The maximum Gasteiger partial charge on any atom is 0.428 e. The van der Waals surface area contributed by atoms with Crippen molar-refractivity contribution >= 4 is 17.5 Å². The number of cyclic esters (lactones) is 1. The molecule has 1 amide bonds. The molecule has 3 rings (SSSR count). The normalized spacial score (nSPS) is 18.7. The number of carbonyl (C=O) groups is 1. The third-order valence-corrected chi connectivity index (χ3v) is 4.47. The number of hydrogen-bond acceptors (Lipinski definition) is 5. The first-order valence-electron chi connectivity index (χ1n) is 8.60. The van der Waals surface area contributed by atoms with Gasteiger partial charge < -0.3 is 15.0 Å². The van der Waals surface area contributed by atoms with Crippen molar-refractivity contribution in [1.29, 1.82) is 0 Å². The monoisotopic (exact) mass is 370 g/mol. The van der Waals surface area contributed by atoms with Gasteiger partial charge in [0.1, 0.15) is 12.3 Å². The molecule has 2 aliphatic rings. The lowest BCUT2D eigenvalue weighted by Gasteiger charge is -2.27. The van der Waals surface area contributed by atoms with Crippen molar-refractivity contribution in [3.05, 3.63) is 29.3 Å².